The average Bonchev–Trinajstić information content (AvgIpc) is 3.31. The smallest absolute Gasteiger partial charge is 0.326 e. The molecule has 17 heteroatoms. The minimum Gasteiger partial charge on any atom is -0.481 e. The first kappa shape index (κ1) is 30.2. The van der Waals surface area contributed by atoms with Crippen LogP contribution in [-0.2, 0) is 30.4 Å². The highest BCUT2D eigenvalue weighted by Crippen LogP contribution is 2.04. The van der Waals surface area contributed by atoms with Gasteiger partial charge in [0.2, 0.25) is 17.7 Å². The molecule has 0 aliphatic carbocycles. The summed E-state index contributed by atoms with van der Waals surface area (Å²) in [6.07, 6.45) is 1.97. The van der Waals surface area contributed by atoms with Crippen molar-refractivity contribution in [2.24, 2.45) is 22.2 Å². The van der Waals surface area contributed by atoms with Crippen LogP contribution in [-0.4, -0.2) is 92.3 Å². The predicted octanol–water partition coefficient (Wildman–Crippen LogP) is -3.72. The van der Waals surface area contributed by atoms with Crippen molar-refractivity contribution in [3.63, 3.8) is 0 Å². The highest BCUT2D eigenvalue weighted by atomic mass is 32.1. The van der Waals surface area contributed by atoms with Gasteiger partial charge >= 0.3 is 11.9 Å². The number of aromatic amines is 1. The number of imidazole rings is 1. The van der Waals surface area contributed by atoms with Crippen molar-refractivity contribution in [2.45, 2.75) is 49.9 Å². The first-order valence-corrected chi connectivity index (χ1v) is 11.3. The monoisotopic (exact) mass is 529 g/mol. The lowest BCUT2D eigenvalue weighted by molar-refractivity contribution is -0.143. The standard InChI is InChI=1S/C19H31N9O7S/c20-10(7-36)15(31)27-12(4-9-6-23-8-25-9)16(32)28-13(5-14(29)30)17(33)26-11(18(34)35)2-1-3-24-19(21)22/h6,8,10-13,36H,1-5,7,20H2,(H,23,25)(H,26,33)(H,27,31)(H,28,32)(H,29,30)(H,34,35)(H4,21,22,24). The molecule has 0 aliphatic rings. The third-order valence-electron chi connectivity index (χ3n) is 4.72. The second-order valence-electron chi connectivity index (χ2n) is 7.64. The largest absolute Gasteiger partial charge is 0.481 e. The van der Waals surface area contributed by atoms with Crippen LogP contribution >= 0.6 is 12.6 Å². The molecule has 16 nitrogen and oxygen atoms in total. The van der Waals surface area contributed by atoms with Crippen LogP contribution in [0.15, 0.2) is 17.5 Å². The number of thiol groups is 1. The van der Waals surface area contributed by atoms with Gasteiger partial charge in [0.25, 0.3) is 0 Å². The van der Waals surface area contributed by atoms with E-state index >= 15 is 0 Å². The molecule has 36 heavy (non-hydrogen) atoms. The first-order chi connectivity index (χ1) is 16.9. The summed E-state index contributed by atoms with van der Waals surface area (Å²) in [6, 6.07) is -5.33. The molecule has 0 bridgehead atoms. The van der Waals surface area contributed by atoms with E-state index in [0.717, 1.165) is 0 Å². The van der Waals surface area contributed by atoms with Crippen LogP contribution in [0.4, 0.5) is 0 Å². The van der Waals surface area contributed by atoms with Gasteiger partial charge in [-0.3, -0.25) is 24.2 Å². The second-order valence-corrected chi connectivity index (χ2v) is 8.00. The van der Waals surface area contributed by atoms with Crippen molar-refractivity contribution in [3.8, 4) is 0 Å². The number of aromatic nitrogens is 2. The lowest BCUT2D eigenvalue weighted by atomic mass is 10.1. The lowest BCUT2D eigenvalue weighted by Gasteiger charge is -2.24. The molecule has 0 radical (unpaired) electrons. The zero-order chi connectivity index (χ0) is 27.3. The summed E-state index contributed by atoms with van der Waals surface area (Å²) in [5.74, 6) is -5.63. The molecule has 1 rings (SSSR count). The van der Waals surface area contributed by atoms with Gasteiger partial charge in [-0.15, -0.1) is 0 Å². The minimum absolute atomic E-state index is 0.00592. The highest BCUT2D eigenvalue weighted by Gasteiger charge is 2.31. The van der Waals surface area contributed by atoms with Gasteiger partial charge < -0.3 is 48.3 Å². The quantitative estimate of drug-likeness (QED) is 0.0430. The summed E-state index contributed by atoms with van der Waals surface area (Å²) < 4.78 is 0. The fourth-order valence-electron chi connectivity index (χ4n) is 2.88. The van der Waals surface area contributed by atoms with Gasteiger partial charge in [-0.05, 0) is 12.8 Å². The summed E-state index contributed by atoms with van der Waals surface area (Å²) >= 11 is 3.94. The van der Waals surface area contributed by atoms with E-state index in [1.54, 1.807) is 0 Å². The molecule has 4 atom stereocenters. The van der Waals surface area contributed by atoms with E-state index in [4.69, 9.17) is 17.2 Å². The van der Waals surface area contributed by atoms with Gasteiger partial charge in [0.15, 0.2) is 5.96 Å². The molecular weight excluding hydrogens is 498 g/mol. The van der Waals surface area contributed by atoms with Crippen LogP contribution in [0, 0.1) is 0 Å². The molecule has 3 amide bonds. The van der Waals surface area contributed by atoms with E-state index in [2.05, 4.69) is 43.5 Å². The van der Waals surface area contributed by atoms with E-state index in [1.165, 1.54) is 12.5 Å². The van der Waals surface area contributed by atoms with E-state index in [1.807, 2.05) is 0 Å². The first-order valence-electron chi connectivity index (χ1n) is 10.7. The SMILES string of the molecule is NC(N)=NCCCC(NC(=O)C(CC(=O)O)NC(=O)C(Cc1cnc[nH]1)NC(=O)C(N)CS)C(=O)O. The Bertz CT molecular complexity index is 938. The topological polar surface area (TPSA) is 281 Å². The number of amides is 3. The van der Waals surface area contributed by atoms with E-state index in [0.29, 0.717) is 5.69 Å². The average molecular weight is 530 g/mol. The van der Waals surface area contributed by atoms with Crippen molar-refractivity contribution in [1.29, 1.82) is 0 Å². The summed E-state index contributed by atoms with van der Waals surface area (Å²) in [5.41, 5.74) is 16.5. The number of nitrogens with zero attached hydrogens (tertiary/aromatic N) is 2. The van der Waals surface area contributed by atoms with Crippen molar-refractivity contribution < 1.29 is 34.2 Å². The molecule has 0 spiro atoms. The molecule has 0 saturated carbocycles. The van der Waals surface area contributed by atoms with Crippen LogP contribution < -0.4 is 33.2 Å². The summed E-state index contributed by atoms with van der Waals surface area (Å²) in [5, 5.41) is 25.5. The number of carbonyl (C=O) groups is 5. The molecule has 0 fully saturated rings. The lowest BCUT2D eigenvalue weighted by Crippen LogP contribution is -2.58. The Morgan fingerprint density at radius 1 is 1.03 bits per heavy atom. The minimum atomic E-state index is -1.64. The molecule has 4 unspecified atom stereocenters. The van der Waals surface area contributed by atoms with Crippen molar-refractivity contribution in [2.75, 3.05) is 12.3 Å². The number of carboxylic acid groups (broad SMARTS) is 2. The van der Waals surface area contributed by atoms with E-state index in [9.17, 15) is 34.2 Å². The number of guanidine groups is 1. The summed E-state index contributed by atoms with van der Waals surface area (Å²) in [7, 11) is 0. The number of nitrogens with one attached hydrogen (secondary N) is 4. The fraction of sp³-hybridized carbons (Fsp3) is 0.526. The maximum Gasteiger partial charge on any atom is 0.326 e. The van der Waals surface area contributed by atoms with Crippen molar-refractivity contribution in [3.05, 3.63) is 18.2 Å². The molecule has 1 aromatic heterocycles. The Hall–Kier alpha value is -3.86. The number of aliphatic imine (C=N–C) groups is 1. The molecule has 200 valence electrons. The third kappa shape index (κ3) is 11.0. The summed E-state index contributed by atoms with van der Waals surface area (Å²) in [4.78, 5) is 71.1. The molecule has 1 aromatic rings. The number of carbonyl (C=O) groups excluding carboxylic acids is 3. The van der Waals surface area contributed by atoms with Gasteiger partial charge in [0, 0.05) is 30.6 Å². The second kappa shape index (κ2) is 15.2. The molecule has 0 aromatic carbocycles. The van der Waals surface area contributed by atoms with Crippen molar-refractivity contribution >= 4 is 48.2 Å². The summed E-state index contributed by atoms with van der Waals surface area (Å²) in [6.45, 7) is 0.112. The zero-order valence-electron chi connectivity index (χ0n) is 19.2. The van der Waals surface area contributed by atoms with E-state index < -0.39 is 60.2 Å². The number of hydrogen-bond acceptors (Lipinski definition) is 9. The Morgan fingerprint density at radius 3 is 2.17 bits per heavy atom. The Morgan fingerprint density at radius 2 is 1.64 bits per heavy atom. The number of carboxylic acids is 2. The molecular formula is C19H31N9O7S. The zero-order valence-corrected chi connectivity index (χ0v) is 20.1. The Balaban J connectivity index is 2.99. The number of aliphatic carboxylic acids is 2. The maximum atomic E-state index is 13.0. The highest BCUT2D eigenvalue weighted by molar-refractivity contribution is 7.80. The fourth-order valence-corrected chi connectivity index (χ4v) is 3.04. The van der Waals surface area contributed by atoms with Gasteiger partial charge in [-0.2, -0.15) is 12.6 Å². The van der Waals surface area contributed by atoms with Crippen LogP contribution in [0.25, 0.3) is 0 Å². The number of H-pyrrole nitrogens is 1. The number of rotatable bonds is 16. The molecule has 0 saturated heterocycles. The maximum absolute atomic E-state index is 13.0. The Kier molecular flexibility index (Phi) is 12.7. The predicted molar refractivity (Wildman–Crippen MR) is 130 cm³/mol. The van der Waals surface area contributed by atoms with E-state index in [-0.39, 0.29) is 37.5 Å². The van der Waals surface area contributed by atoms with Gasteiger partial charge in [-0.1, -0.05) is 0 Å². The molecule has 0 aliphatic heterocycles. The van der Waals surface area contributed by atoms with Crippen LogP contribution in [0.5, 0.6) is 0 Å². The van der Waals surface area contributed by atoms with Crippen LogP contribution in [0.3, 0.4) is 0 Å². The molecule has 1 heterocycles. The van der Waals surface area contributed by atoms with Gasteiger partial charge in [0.05, 0.1) is 18.8 Å². The normalized spacial score (nSPS) is 13.9. The molecule has 12 N–H and O–H groups in total. The van der Waals surface area contributed by atoms with Crippen LogP contribution in [0.2, 0.25) is 0 Å². The van der Waals surface area contributed by atoms with Gasteiger partial charge in [-0.25, -0.2) is 9.78 Å². The number of hydrogen-bond donors (Lipinski definition) is 10. The van der Waals surface area contributed by atoms with Gasteiger partial charge in [0.1, 0.15) is 18.1 Å². The van der Waals surface area contributed by atoms with Crippen LogP contribution in [0.1, 0.15) is 25.0 Å². The number of nitrogens with two attached hydrogens (primary N) is 3. The van der Waals surface area contributed by atoms with Crippen molar-refractivity contribution in [1.82, 2.24) is 25.9 Å². The third-order valence-corrected chi connectivity index (χ3v) is 5.11. The Labute approximate surface area is 211 Å².